The molecule has 0 spiro atoms. The molecule has 0 atom stereocenters. The molecule has 2 aliphatic rings. The monoisotopic (exact) mass is 217 g/mol. The Kier molecular flexibility index (Phi) is 2.29. The maximum atomic E-state index is 11.4. The lowest BCUT2D eigenvalue weighted by Crippen LogP contribution is -2.27. The van der Waals surface area contributed by atoms with Gasteiger partial charge in [-0.15, -0.1) is 0 Å². The number of rotatable bonds is 2. The standard InChI is InChI=1S/C12H15N3O/c16-12-14-3-4-15(12)8-9-1-2-10-6-13-7-11(10)5-9/h1-2,5,13H,3-4,6-8H2,(H,14,16). The smallest absolute Gasteiger partial charge is 0.317 e. The van der Waals surface area contributed by atoms with Crippen molar-refractivity contribution in [3.8, 4) is 0 Å². The molecule has 2 aliphatic heterocycles. The van der Waals surface area contributed by atoms with Crippen LogP contribution in [0.5, 0.6) is 0 Å². The van der Waals surface area contributed by atoms with E-state index in [1.165, 1.54) is 16.7 Å². The number of nitrogens with one attached hydrogen (secondary N) is 2. The number of carbonyl (C=O) groups excluding carboxylic acids is 1. The Morgan fingerprint density at radius 3 is 2.94 bits per heavy atom. The fourth-order valence-corrected chi connectivity index (χ4v) is 2.33. The van der Waals surface area contributed by atoms with Gasteiger partial charge in [0.1, 0.15) is 0 Å². The fourth-order valence-electron chi connectivity index (χ4n) is 2.33. The summed E-state index contributed by atoms with van der Waals surface area (Å²) < 4.78 is 0. The van der Waals surface area contributed by atoms with Crippen LogP contribution in [-0.4, -0.2) is 24.0 Å². The van der Waals surface area contributed by atoms with Gasteiger partial charge in [-0.05, 0) is 16.7 Å². The highest BCUT2D eigenvalue weighted by molar-refractivity contribution is 5.76. The van der Waals surface area contributed by atoms with Crippen molar-refractivity contribution in [3.63, 3.8) is 0 Å². The molecule has 16 heavy (non-hydrogen) atoms. The Morgan fingerprint density at radius 2 is 2.12 bits per heavy atom. The van der Waals surface area contributed by atoms with Gasteiger partial charge < -0.3 is 15.5 Å². The van der Waals surface area contributed by atoms with Crippen molar-refractivity contribution in [2.75, 3.05) is 13.1 Å². The van der Waals surface area contributed by atoms with E-state index < -0.39 is 0 Å². The third kappa shape index (κ3) is 1.65. The Hall–Kier alpha value is -1.55. The van der Waals surface area contributed by atoms with E-state index >= 15 is 0 Å². The van der Waals surface area contributed by atoms with Crippen molar-refractivity contribution in [2.45, 2.75) is 19.6 Å². The van der Waals surface area contributed by atoms with Crippen LogP contribution in [0, 0.1) is 0 Å². The zero-order chi connectivity index (χ0) is 11.0. The number of amides is 2. The summed E-state index contributed by atoms with van der Waals surface area (Å²) in [6.45, 7) is 4.23. The maximum Gasteiger partial charge on any atom is 0.317 e. The molecule has 0 aromatic heterocycles. The minimum absolute atomic E-state index is 0.0543. The third-order valence-electron chi connectivity index (χ3n) is 3.22. The Morgan fingerprint density at radius 1 is 1.25 bits per heavy atom. The van der Waals surface area contributed by atoms with Crippen molar-refractivity contribution >= 4 is 6.03 Å². The van der Waals surface area contributed by atoms with Gasteiger partial charge in [0, 0.05) is 32.7 Å². The van der Waals surface area contributed by atoms with Crippen LogP contribution in [0.25, 0.3) is 0 Å². The summed E-state index contributed by atoms with van der Waals surface area (Å²) in [5.41, 5.74) is 3.98. The molecule has 2 heterocycles. The summed E-state index contributed by atoms with van der Waals surface area (Å²) in [4.78, 5) is 13.3. The van der Waals surface area contributed by atoms with E-state index in [9.17, 15) is 4.79 Å². The van der Waals surface area contributed by atoms with Gasteiger partial charge in [0.15, 0.2) is 0 Å². The summed E-state index contributed by atoms with van der Waals surface area (Å²) in [7, 11) is 0. The normalized spacial score (nSPS) is 18.8. The van der Waals surface area contributed by atoms with Crippen molar-refractivity contribution in [1.29, 1.82) is 0 Å². The largest absolute Gasteiger partial charge is 0.336 e. The van der Waals surface area contributed by atoms with Gasteiger partial charge in [-0.1, -0.05) is 18.2 Å². The van der Waals surface area contributed by atoms with E-state index in [1.807, 2.05) is 4.90 Å². The van der Waals surface area contributed by atoms with Gasteiger partial charge in [0.2, 0.25) is 0 Å². The molecule has 2 N–H and O–H groups in total. The first kappa shape index (κ1) is 9.66. The third-order valence-corrected chi connectivity index (χ3v) is 3.22. The minimum Gasteiger partial charge on any atom is -0.336 e. The average molecular weight is 217 g/mol. The summed E-state index contributed by atoms with van der Waals surface area (Å²) in [5, 5.41) is 6.14. The summed E-state index contributed by atoms with van der Waals surface area (Å²) in [6.07, 6.45) is 0. The second-order valence-corrected chi connectivity index (χ2v) is 4.36. The molecule has 1 saturated heterocycles. The van der Waals surface area contributed by atoms with Gasteiger partial charge in [-0.2, -0.15) is 0 Å². The molecule has 0 saturated carbocycles. The van der Waals surface area contributed by atoms with Crippen molar-refractivity contribution in [2.24, 2.45) is 0 Å². The summed E-state index contributed by atoms with van der Waals surface area (Å²) >= 11 is 0. The van der Waals surface area contributed by atoms with E-state index in [1.54, 1.807) is 0 Å². The molecular formula is C12H15N3O. The predicted octanol–water partition coefficient (Wildman–Crippen LogP) is 0.815. The van der Waals surface area contributed by atoms with Crippen molar-refractivity contribution < 1.29 is 4.79 Å². The van der Waals surface area contributed by atoms with Crippen LogP contribution < -0.4 is 10.6 Å². The lowest BCUT2D eigenvalue weighted by Gasteiger charge is -2.14. The van der Waals surface area contributed by atoms with Gasteiger partial charge in [0.05, 0.1) is 0 Å². The van der Waals surface area contributed by atoms with Crippen LogP contribution in [0.2, 0.25) is 0 Å². The number of hydrogen-bond acceptors (Lipinski definition) is 2. The molecule has 2 amide bonds. The molecule has 1 fully saturated rings. The Labute approximate surface area is 94.6 Å². The van der Waals surface area contributed by atoms with Crippen LogP contribution >= 0.6 is 0 Å². The van der Waals surface area contributed by atoms with Crippen molar-refractivity contribution in [3.05, 3.63) is 34.9 Å². The summed E-state index contributed by atoms with van der Waals surface area (Å²) in [6, 6.07) is 6.55. The first-order valence-corrected chi connectivity index (χ1v) is 5.67. The highest BCUT2D eigenvalue weighted by Gasteiger charge is 2.20. The SMILES string of the molecule is O=C1NCCN1Cc1ccc2c(c1)CNC2. The first-order valence-electron chi connectivity index (χ1n) is 5.67. The van der Waals surface area contributed by atoms with Gasteiger partial charge in [-0.3, -0.25) is 0 Å². The van der Waals surface area contributed by atoms with E-state index in [2.05, 4.69) is 28.8 Å². The number of fused-ring (bicyclic) bond motifs is 1. The number of hydrogen-bond donors (Lipinski definition) is 2. The summed E-state index contributed by atoms with van der Waals surface area (Å²) in [5.74, 6) is 0. The Balaban J connectivity index is 1.77. The molecule has 0 radical (unpaired) electrons. The van der Waals surface area contributed by atoms with Crippen LogP contribution in [0.4, 0.5) is 4.79 Å². The fraction of sp³-hybridized carbons (Fsp3) is 0.417. The molecule has 0 aliphatic carbocycles. The van der Waals surface area contributed by atoms with E-state index in [0.717, 1.165) is 32.7 Å². The van der Waals surface area contributed by atoms with Crippen LogP contribution in [-0.2, 0) is 19.6 Å². The quantitative estimate of drug-likeness (QED) is 0.770. The lowest BCUT2D eigenvalue weighted by molar-refractivity contribution is 0.215. The Bertz CT molecular complexity index is 430. The zero-order valence-corrected chi connectivity index (χ0v) is 9.12. The van der Waals surface area contributed by atoms with E-state index in [4.69, 9.17) is 0 Å². The highest BCUT2D eigenvalue weighted by atomic mass is 16.2. The molecule has 1 aromatic carbocycles. The molecule has 4 nitrogen and oxygen atoms in total. The number of urea groups is 1. The first-order chi connectivity index (χ1) is 7.83. The number of nitrogens with zero attached hydrogens (tertiary/aromatic N) is 1. The molecule has 3 rings (SSSR count). The van der Waals surface area contributed by atoms with Crippen LogP contribution in [0.15, 0.2) is 18.2 Å². The molecule has 4 heteroatoms. The second-order valence-electron chi connectivity index (χ2n) is 4.36. The zero-order valence-electron chi connectivity index (χ0n) is 9.12. The highest BCUT2D eigenvalue weighted by Crippen LogP contribution is 2.18. The van der Waals surface area contributed by atoms with Gasteiger partial charge >= 0.3 is 6.03 Å². The van der Waals surface area contributed by atoms with Gasteiger partial charge in [0.25, 0.3) is 0 Å². The molecule has 1 aromatic rings. The molecule has 0 bridgehead atoms. The topological polar surface area (TPSA) is 44.4 Å². The van der Waals surface area contributed by atoms with E-state index in [0.29, 0.717) is 0 Å². The minimum atomic E-state index is 0.0543. The van der Waals surface area contributed by atoms with Crippen molar-refractivity contribution in [1.82, 2.24) is 15.5 Å². The van der Waals surface area contributed by atoms with Gasteiger partial charge in [-0.25, -0.2) is 4.79 Å². The van der Waals surface area contributed by atoms with E-state index in [-0.39, 0.29) is 6.03 Å². The van der Waals surface area contributed by atoms with Crippen LogP contribution in [0.1, 0.15) is 16.7 Å². The second kappa shape index (κ2) is 3.79. The predicted molar refractivity (Wildman–Crippen MR) is 60.8 cm³/mol. The average Bonchev–Trinajstić information content (AvgIpc) is 2.88. The molecular weight excluding hydrogens is 202 g/mol. The number of carbonyl (C=O) groups is 1. The van der Waals surface area contributed by atoms with Crippen LogP contribution in [0.3, 0.4) is 0 Å². The molecule has 0 unspecified atom stereocenters. The maximum absolute atomic E-state index is 11.4. The lowest BCUT2D eigenvalue weighted by atomic mass is 10.1. The molecule has 84 valence electrons. The number of benzene rings is 1.